The molecule has 1 aromatic carbocycles. The van der Waals surface area contributed by atoms with Gasteiger partial charge in [-0.3, -0.25) is 0 Å². The first-order valence-electron chi connectivity index (χ1n) is 8.21. The smallest absolute Gasteiger partial charge is 0.0210 e. The first kappa shape index (κ1) is 15.5. The van der Waals surface area contributed by atoms with Gasteiger partial charge in [-0.25, -0.2) is 0 Å². The number of nitrogens with one attached hydrogen (secondary N) is 1. The maximum Gasteiger partial charge on any atom is 0.0210 e. The third-order valence-corrected chi connectivity index (χ3v) is 4.50. The molecule has 1 N–H and O–H groups in total. The second kappa shape index (κ2) is 7.80. The van der Waals surface area contributed by atoms with Gasteiger partial charge in [0, 0.05) is 12.6 Å². The molecule has 1 saturated heterocycles. The lowest BCUT2D eigenvalue weighted by Crippen LogP contribution is -2.42. The molecule has 0 saturated carbocycles. The summed E-state index contributed by atoms with van der Waals surface area (Å²) in [6.07, 6.45) is 5.26. The fraction of sp³-hybridized carbons (Fsp3) is 0.667. The number of hydrogen-bond donors (Lipinski definition) is 1. The number of likely N-dealkylation sites (tertiary alicyclic amines) is 1. The Kier molecular flexibility index (Phi) is 6.06. The number of unbranched alkanes of at least 4 members (excludes halogenated alkanes) is 1. The Morgan fingerprint density at radius 1 is 1.20 bits per heavy atom. The number of rotatable bonds is 6. The maximum atomic E-state index is 3.76. The molecular weight excluding hydrogens is 244 g/mol. The van der Waals surface area contributed by atoms with Gasteiger partial charge >= 0.3 is 0 Å². The second-order valence-corrected chi connectivity index (χ2v) is 6.28. The average Bonchev–Trinajstić information content (AvgIpc) is 2.47. The topological polar surface area (TPSA) is 15.3 Å². The van der Waals surface area contributed by atoms with Gasteiger partial charge in [0.15, 0.2) is 0 Å². The molecule has 112 valence electrons. The van der Waals surface area contributed by atoms with E-state index >= 15 is 0 Å². The molecule has 0 atom stereocenters. The molecule has 0 unspecified atom stereocenters. The van der Waals surface area contributed by atoms with Gasteiger partial charge in [-0.05, 0) is 63.9 Å². The van der Waals surface area contributed by atoms with Crippen molar-refractivity contribution < 1.29 is 0 Å². The van der Waals surface area contributed by atoms with E-state index < -0.39 is 0 Å². The van der Waals surface area contributed by atoms with E-state index in [1.54, 1.807) is 0 Å². The summed E-state index contributed by atoms with van der Waals surface area (Å²) >= 11 is 0. The van der Waals surface area contributed by atoms with Crippen molar-refractivity contribution in [3.8, 4) is 0 Å². The third kappa shape index (κ3) is 4.60. The second-order valence-electron chi connectivity index (χ2n) is 6.28. The van der Waals surface area contributed by atoms with E-state index in [0.29, 0.717) is 6.04 Å². The zero-order chi connectivity index (χ0) is 14.4. The largest absolute Gasteiger partial charge is 0.310 e. The van der Waals surface area contributed by atoms with Crippen LogP contribution in [0.2, 0.25) is 0 Å². The van der Waals surface area contributed by atoms with E-state index in [9.17, 15) is 0 Å². The highest BCUT2D eigenvalue weighted by Crippen LogP contribution is 2.14. The molecular formula is C18H30N2. The molecule has 1 aliphatic heterocycles. The van der Waals surface area contributed by atoms with Crippen LogP contribution in [-0.4, -0.2) is 30.6 Å². The van der Waals surface area contributed by atoms with Gasteiger partial charge in [0.05, 0.1) is 0 Å². The Morgan fingerprint density at radius 2 is 1.95 bits per heavy atom. The summed E-state index contributed by atoms with van der Waals surface area (Å²) in [5.74, 6) is 0. The molecule has 1 heterocycles. The Bertz CT molecular complexity index is 406. The predicted molar refractivity (Wildman–Crippen MR) is 87.1 cm³/mol. The molecule has 1 aliphatic rings. The lowest BCUT2D eigenvalue weighted by atomic mass is 10.0. The van der Waals surface area contributed by atoms with Crippen molar-refractivity contribution in [2.24, 2.45) is 0 Å². The van der Waals surface area contributed by atoms with Crippen molar-refractivity contribution in [3.05, 3.63) is 34.9 Å². The lowest BCUT2D eigenvalue weighted by Gasteiger charge is -2.32. The Balaban J connectivity index is 1.74. The van der Waals surface area contributed by atoms with Crippen LogP contribution in [0.3, 0.4) is 0 Å². The summed E-state index contributed by atoms with van der Waals surface area (Å²) in [7, 11) is 0. The van der Waals surface area contributed by atoms with Gasteiger partial charge in [-0.15, -0.1) is 0 Å². The summed E-state index contributed by atoms with van der Waals surface area (Å²) in [4.78, 5) is 2.62. The normalized spacial score (nSPS) is 17.6. The van der Waals surface area contributed by atoms with E-state index in [1.165, 1.54) is 62.0 Å². The van der Waals surface area contributed by atoms with Crippen LogP contribution >= 0.6 is 0 Å². The van der Waals surface area contributed by atoms with Crippen LogP contribution in [0.1, 0.15) is 49.3 Å². The van der Waals surface area contributed by atoms with E-state index in [2.05, 4.69) is 49.2 Å². The van der Waals surface area contributed by atoms with Crippen molar-refractivity contribution in [3.63, 3.8) is 0 Å². The van der Waals surface area contributed by atoms with Crippen molar-refractivity contribution in [2.45, 2.75) is 59.0 Å². The van der Waals surface area contributed by atoms with Gasteiger partial charge in [-0.2, -0.15) is 0 Å². The molecule has 2 heteroatoms. The van der Waals surface area contributed by atoms with Crippen LogP contribution < -0.4 is 5.32 Å². The standard InChI is InChI=1S/C18H30N2/c1-4-5-10-20-11-8-18(9-12-20)19-14-17-13-15(2)6-7-16(17)3/h6-7,13,18-19H,4-5,8-12,14H2,1-3H3. The minimum absolute atomic E-state index is 0.702. The summed E-state index contributed by atoms with van der Waals surface area (Å²) in [5, 5.41) is 3.76. The van der Waals surface area contributed by atoms with Gasteiger partial charge < -0.3 is 10.2 Å². The summed E-state index contributed by atoms with van der Waals surface area (Å²) < 4.78 is 0. The lowest BCUT2D eigenvalue weighted by molar-refractivity contribution is 0.195. The van der Waals surface area contributed by atoms with Crippen LogP contribution in [0.15, 0.2) is 18.2 Å². The molecule has 0 aromatic heterocycles. The van der Waals surface area contributed by atoms with Crippen LogP contribution in [0, 0.1) is 13.8 Å². The number of hydrogen-bond acceptors (Lipinski definition) is 2. The number of nitrogens with zero attached hydrogens (tertiary/aromatic N) is 1. The number of aryl methyl sites for hydroxylation is 2. The van der Waals surface area contributed by atoms with Crippen LogP contribution in [-0.2, 0) is 6.54 Å². The molecule has 0 spiro atoms. The maximum absolute atomic E-state index is 3.76. The van der Waals surface area contributed by atoms with E-state index in [-0.39, 0.29) is 0 Å². The molecule has 0 radical (unpaired) electrons. The third-order valence-electron chi connectivity index (χ3n) is 4.50. The summed E-state index contributed by atoms with van der Waals surface area (Å²) in [6.45, 7) is 11.5. The first-order valence-corrected chi connectivity index (χ1v) is 8.21. The molecule has 1 fully saturated rings. The molecule has 2 nitrogen and oxygen atoms in total. The van der Waals surface area contributed by atoms with Gasteiger partial charge in [0.1, 0.15) is 0 Å². The first-order chi connectivity index (χ1) is 9.69. The highest BCUT2D eigenvalue weighted by molar-refractivity contribution is 5.30. The SMILES string of the molecule is CCCCN1CCC(NCc2cc(C)ccc2C)CC1. The fourth-order valence-corrected chi connectivity index (χ4v) is 2.99. The van der Waals surface area contributed by atoms with Crippen LogP contribution in [0.25, 0.3) is 0 Å². The van der Waals surface area contributed by atoms with E-state index in [1.807, 2.05) is 0 Å². The minimum atomic E-state index is 0.702. The van der Waals surface area contributed by atoms with Crippen LogP contribution in [0.5, 0.6) is 0 Å². The minimum Gasteiger partial charge on any atom is -0.310 e. The quantitative estimate of drug-likeness (QED) is 0.851. The predicted octanol–water partition coefficient (Wildman–Crippen LogP) is 3.66. The molecule has 0 bridgehead atoms. The Morgan fingerprint density at radius 3 is 2.65 bits per heavy atom. The zero-order valence-electron chi connectivity index (χ0n) is 13.4. The zero-order valence-corrected chi connectivity index (χ0v) is 13.4. The Labute approximate surface area is 124 Å². The highest BCUT2D eigenvalue weighted by Gasteiger charge is 2.18. The van der Waals surface area contributed by atoms with Crippen molar-refractivity contribution in [1.29, 1.82) is 0 Å². The number of benzene rings is 1. The molecule has 20 heavy (non-hydrogen) atoms. The van der Waals surface area contributed by atoms with Crippen LogP contribution in [0.4, 0.5) is 0 Å². The summed E-state index contributed by atoms with van der Waals surface area (Å²) in [5.41, 5.74) is 4.23. The monoisotopic (exact) mass is 274 g/mol. The van der Waals surface area contributed by atoms with Gasteiger partial charge in [0.25, 0.3) is 0 Å². The molecule has 0 amide bonds. The molecule has 1 aromatic rings. The number of piperidine rings is 1. The van der Waals surface area contributed by atoms with Gasteiger partial charge in [0.2, 0.25) is 0 Å². The van der Waals surface area contributed by atoms with Gasteiger partial charge in [-0.1, -0.05) is 37.1 Å². The van der Waals surface area contributed by atoms with E-state index in [4.69, 9.17) is 0 Å². The van der Waals surface area contributed by atoms with Crippen molar-refractivity contribution in [2.75, 3.05) is 19.6 Å². The highest BCUT2D eigenvalue weighted by atomic mass is 15.1. The van der Waals surface area contributed by atoms with E-state index in [0.717, 1.165) is 6.54 Å². The molecule has 2 rings (SSSR count). The molecule has 0 aliphatic carbocycles. The Hall–Kier alpha value is -0.860. The summed E-state index contributed by atoms with van der Waals surface area (Å²) in [6, 6.07) is 7.46. The fourth-order valence-electron chi connectivity index (χ4n) is 2.99. The average molecular weight is 274 g/mol. The van der Waals surface area contributed by atoms with Crippen molar-refractivity contribution in [1.82, 2.24) is 10.2 Å². The van der Waals surface area contributed by atoms with Crippen molar-refractivity contribution >= 4 is 0 Å².